The number of guanidine groups is 1. The van der Waals surface area contributed by atoms with Crippen LogP contribution in [-0.2, 0) is 9.84 Å². The molecule has 2 heterocycles. The van der Waals surface area contributed by atoms with Crippen molar-refractivity contribution in [1.29, 1.82) is 0 Å². The molecule has 2 aromatic rings. The summed E-state index contributed by atoms with van der Waals surface area (Å²) < 4.78 is 66.7. The average molecular weight is 509 g/mol. The molecule has 5 rings (SSSR count). The van der Waals surface area contributed by atoms with Gasteiger partial charge in [-0.3, -0.25) is 5.32 Å². The fourth-order valence-corrected chi connectivity index (χ4v) is 7.24. The fraction of sp³-hybridized carbons (Fsp3) is 0.480. The summed E-state index contributed by atoms with van der Waals surface area (Å²) in [6.07, 6.45) is -0.493. The molecule has 0 bridgehead atoms. The predicted molar refractivity (Wildman–Crippen MR) is 130 cm³/mol. The van der Waals surface area contributed by atoms with Crippen LogP contribution in [0.2, 0.25) is 0 Å². The number of anilines is 1. The number of fused-ring (bicyclic) bond motifs is 3. The first-order chi connectivity index (χ1) is 16.1. The summed E-state index contributed by atoms with van der Waals surface area (Å²) in [6, 6.07) is 10.6. The molecule has 0 amide bonds. The van der Waals surface area contributed by atoms with Gasteiger partial charge in [-0.05, 0) is 54.2 Å². The highest BCUT2D eigenvalue weighted by molar-refractivity contribution is 7.90. The van der Waals surface area contributed by atoms with Crippen molar-refractivity contribution >= 4 is 32.9 Å². The van der Waals surface area contributed by atoms with Crippen LogP contribution in [0.4, 0.5) is 30.2 Å². The number of halogens is 3. The van der Waals surface area contributed by atoms with Gasteiger partial charge in [0.1, 0.15) is 18.0 Å². The monoisotopic (exact) mass is 508 g/mol. The summed E-state index contributed by atoms with van der Waals surface area (Å²) in [4.78, 5) is 5.11. The van der Waals surface area contributed by atoms with Gasteiger partial charge in [0.05, 0.1) is 4.90 Å². The normalized spacial score (nSPS) is 29.1. The standard InChI is InChI=1S/C25H29F3N3O3S/c1-16-12-23(2,3)14-24(13-16)15-31(24)21-11-19(35(4,32)33)9-10-20(21)30-22(31)29-17-5-7-18(8-6-17)34-25(26,27)28/h5-11,16H,12-15H2,1-4H3,(H,29,30)/q+1/t16-,24?,31?/m1/s1. The Bertz CT molecular complexity index is 1320. The van der Waals surface area contributed by atoms with Crippen LogP contribution < -0.4 is 14.5 Å². The summed E-state index contributed by atoms with van der Waals surface area (Å²) in [5, 5.41) is 3.34. The topological polar surface area (TPSA) is 67.8 Å². The number of ether oxygens (including phenoxy) is 1. The van der Waals surface area contributed by atoms with Gasteiger partial charge in [0, 0.05) is 30.9 Å². The zero-order chi connectivity index (χ0) is 25.4. The Kier molecular flexibility index (Phi) is 5.14. The van der Waals surface area contributed by atoms with Crippen LogP contribution in [0.3, 0.4) is 0 Å². The first kappa shape index (κ1) is 24.1. The van der Waals surface area contributed by atoms with Gasteiger partial charge in [0.15, 0.2) is 21.1 Å². The van der Waals surface area contributed by atoms with Crippen LogP contribution in [0, 0.1) is 11.3 Å². The molecule has 35 heavy (non-hydrogen) atoms. The molecule has 3 atom stereocenters. The molecule has 10 heteroatoms. The van der Waals surface area contributed by atoms with E-state index in [9.17, 15) is 21.6 Å². The van der Waals surface area contributed by atoms with Crippen molar-refractivity contribution in [3.8, 4) is 5.75 Å². The van der Waals surface area contributed by atoms with Crippen LogP contribution in [-0.4, -0.2) is 39.1 Å². The molecule has 3 aliphatic rings. The maximum absolute atomic E-state index is 12.5. The van der Waals surface area contributed by atoms with Crippen LogP contribution in [0.5, 0.6) is 5.75 Å². The lowest BCUT2D eigenvalue weighted by molar-refractivity contribution is -0.274. The summed E-state index contributed by atoms with van der Waals surface area (Å²) in [6.45, 7) is 7.59. The minimum Gasteiger partial charge on any atom is -0.406 e. The number of rotatable bonds is 3. The van der Waals surface area contributed by atoms with Crippen molar-refractivity contribution in [2.75, 3.05) is 18.1 Å². The van der Waals surface area contributed by atoms with Crippen molar-refractivity contribution in [1.82, 2.24) is 4.48 Å². The molecule has 2 aromatic carbocycles. The van der Waals surface area contributed by atoms with Crippen molar-refractivity contribution in [3.05, 3.63) is 42.5 Å². The third-order valence-corrected chi connectivity index (χ3v) is 8.50. The van der Waals surface area contributed by atoms with Crippen LogP contribution in [0.15, 0.2) is 52.4 Å². The van der Waals surface area contributed by atoms with Gasteiger partial charge in [-0.1, -0.05) is 20.8 Å². The molecule has 6 nitrogen and oxygen atoms in total. The Balaban J connectivity index is 1.54. The summed E-state index contributed by atoms with van der Waals surface area (Å²) in [7, 11) is -3.41. The molecule has 0 aromatic heterocycles. The molecule has 188 valence electrons. The van der Waals surface area contributed by atoms with Crippen molar-refractivity contribution in [2.45, 2.75) is 56.8 Å². The molecule has 2 spiro atoms. The van der Waals surface area contributed by atoms with Crippen LogP contribution in [0.25, 0.3) is 0 Å². The Morgan fingerprint density at radius 2 is 1.80 bits per heavy atom. The largest absolute Gasteiger partial charge is 0.573 e. The SMILES string of the molecule is C[C@@H]1CC(C)(C)CC2(C1)C[N+]21C(Nc2ccc(OC(F)(F)F)cc2)=Nc2ccc(S(C)(=O)=O)cc21. The highest BCUT2D eigenvalue weighted by Crippen LogP contribution is 2.64. The second-order valence-corrected chi connectivity index (χ2v) is 13.1. The number of sulfone groups is 1. The maximum atomic E-state index is 12.5. The van der Waals surface area contributed by atoms with E-state index in [2.05, 4.69) is 30.8 Å². The number of alkyl halides is 3. The van der Waals surface area contributed by atoms with Gasteiger partial charge < -0.3 is 4.74 Å². The first-order valence-corrected chi connectivity index (χ1v) is 13.5. The van der Waals surface area contributed by atoms with E-state index in [0.29, 0.717) is 27.7 Å². The third-order valence-electron chi connectivity index (χ3n) is 7.39. The van der Waals surface area contributed by atoms with E-state index in [1.165, 1.54) is 30.5 Å². The smallest absolute Gasteiger partial charge is 0.406 e. The number of benzene rings is 2. The maximum Gasteiger partial charge on any atom is 0.573 e. The van der Waals surface area contributed by atoms with E-state index >= 15 is 0 Å². The number of hydrogen-bond acceptors (Lipinski definition) is 5. The second-order valence-electron chi connectivity index (χ2n) is 11.1. The number of quaternary nitrogens is 1. The van der Waals surface area contributed by atoms with Gasteiger partial charge in [0.25, 0.3) is 0 Å². The molecule has 1 saturated heterocycles. The average Bonchev–Trinajstić information content (AvgIpc) is 3.19. The molecule has 1 N–H and O–H groups in total. The lowest BCUT2D eigenvalue weighted by Gasteiger charge is -2.39. The molecule has 2 unspecified atom stereocenters. The highest BCUT2D eigenvalue weighted by atomic mass is 32.2. The molecule has 2 aliphatic heterocycles. The summed E-state index contributed by atoms with van der Waals surface area (Å²) in [5.74, 6) is 0.867. The fourth-order valence-electron chi connectivity index (χ4n) is 6.60. The van der Waals surface area contributed by atoms with Crippen molar-refractivity contribution in [2.24, 2.45) is 16.3 Å². The minimum absolute atomic E-state index is 0.117. The zero-order valence-electron chi connectivity index (χ0n) is 20.1. The molecule has 1 saturated carbocycles. The van der Waals surface area contributed by atoms with Gasteiger partial charge in [-0.15, -0.1) is 13.2 Å². The van der Waals surface area contributed by atoms with Crippen molar-refractivity contribution in [3.63, 3.8) is 0 Å². The number of nitrogens with one attached hydrogen (secondary N) is 1. The molecular weight excluding hydrogens is 479 g/mol. The number of nitrogens with zero attached hydrogens (tertiary/aromatic N) is 2. The summed E-state index contributed by atoms with van der Waals surface area (Å²) >= 11 is 0. The Morgan fingerprint density at radius 1 is 1.11 bits per heavy atom. The molecular formula is C25H29F3N3O3S+. The number of hydrogen-bond donors (Lipinski definition) is 1. The van der Waals surface area contributed by atoms with Gasteiger partial charge >= 0.3 is 12.3 Å². The first-order valence-electron chi connectivity index (χ1n) is 11.6. The van der Waals surface area contributed by atoms with Crippen LogP contribution in [0.1, 0.15) is 40.0 Å². The second kappa shape index (κ2) is 7.46. The predicted octanol–water partition coefficient (Wildman–Crippen LogP) is 6.01. The molecule has 1 aliphatic carbocycles. The Hall–Kier alpha value is -2.59. The van der Waals surface area contributed by atoms with Gasteiger partial charge in [0.2, 0.25) is 0 Å². The van der Waals surface area contributed by atoms with Gasteiger partial charge in [-0.2, -0.15) is 4.99 Å². The van der Waals surface area contributed by atoms with E-state index in [-0.39, 0.29) is 21.6 Å². The van der Waals surface area contributed by atoms with E-state index < -0.39 is 16.2 Å². The number of aliphatic imine (C=N–C) groups is 1. The van der Waals surface area contributed by atoms with Gasteiger partial charge in [-0.25, -0.2) is 12.9 Å². The molecule has 2 fully saturated rings. The van der Waals surface area contributed by atoms with E-state index in [4.69, 9.17) is 4.99 Å². The van der Waals surface area contributed by atoms with E-state index in [1.54, 1.807) is 18.2 Å². The lowest BCUT2D eigenvalue weighted by atomic mass is 9.67. The van der Waals surface area contributed by atoms with Crippen molar-refractivity contribution < 1.29 is 26.3 Å². The molecule has 0 radical (unpaired) electrons. The Morgan fingerprint density at radius 3 is 2.40 bits per heavy atom. The highest BCUT2D eigenvalue weighted by Gasteiger charge is 2.78. The lowest BCUT2D eigenvalue weighted by Crippen LogP contribution is -2.48. The quantitative estimate of drug-likeness (QED) is 0.407. The Labute approximate surface area is 203 Å². The minimum atomic E-state index is -4.75. The van der Waals surface area contributed by atoms with E-state index in [1.807, 2.05) is 0 Å². The zero-order valence-corrected chi connectivity index (χ0v) is 20.9. The summed E-state index contributed by atoms with van der Waals surface area (Å²) in [5.41, 5.74) is 2.16. The third kappa shape index (κ3) is 4.20. The van der Waals surface area contributed by atoms with E-state index in [0.717, 1.165) is 31.5 Å². The van der Waals surface area contributed by atoms with Crippen LogP contribution >= 0.6 is 0 Å².